The van der Waals surface area contributed by atoms with Crippen LogP contribution >= 0.6 is 0 Å². The van der Waals surface area contributed by atoms with Gasteiger partial charge in [0.1, 0.15) is 0 Å². The largest absolute Gasteiger partial charge is 0.395 e. The van der Waals surface area contributed by atoms with Crippen molar-refractivity contribution < 1.29 is 5.11 Å². The molecule has 106 valence electrons. The molecule has 0 aliphatic heterocycles. The molecule has 1 aromatic rings. The summed E-state index contributed by atoms with van der Waals surface area (Å²) < 4.78 is 0. The van der Waals surface area contributed by atoms with Gasteiger partial charge in [0.05, 0.1) is 6.61 Å². The van der Waals surface area contributed by atoms with Gasteiger partial charge in [-0.05, 0) is 44.4 Å². The fourth-order valence-corrected chi connectivity index (χ4v) is 2.70. The molecule has 0 amide bonds. The molecule has 0 aromatic heterocycles. The normalized spacial score (nSPS) is 15.3. The quantitative estimate of drug-likeness (QED) is 0.792. The highest BCUT2D eigenvalue weighted by Crippen LogP contribution is 2.32. The van der Waals surface area contributed by atoms with E-state index in [1.807, 2.05) is 0 Å². The smallest absolute Gasteiger partial charge is 0.0606 e. The van der Waals surface area contributed by atoms with E-state index in [9.17, 15) is 5.11 Å². The number of benzene rings is 1. The summed E-state index contributed by atoms with van der Waals surface area (Å²) in [5, 5.41) is 12.7. The summed E-state index contributed by atoms with van der Waals surface area (Å²) in [6, 6.07) is 7.28. The highest BCUT2D eigenvalue weighted by Gasteiger charge is 2.26. The van der Waals surface area contributed by atoms with Gasteiger partial charge >= 0.3 is 0 Å². The van der Waals surface area contributed by atoms with Crippen LogP contribution in [0, 0.1) is 6.92 Å². The lowest BCUT2D eigenvalue weighted by molar-refractivity contribution is 0.283. The summed E-state index contributed by atoms with van der Waals surface area (Å²) in [5.41, 5.74) is 3.95. The Balaban J connectivity index is 2.23. The van der Waals surface area contributed by atoms with E-state index in [0.29, 0.717) is 6.04 Å². The minimum absolute atomic E-state index is 0.227. The molecule has 0 spiro atoms. The zero-order chi connectivity index (χ0) is 13.7. The Hall–Kier alpha value is -1.06. The zero-order valence-electron chi connectivity index (χ0n) is 12.2. The molecule has 0 bridgehead atoms. The zero-order valence-corrected chi connectivity index (χ0v) is 12.2. The average Bonchev–Trinajstić information content (AvgIpc) is 2.34. The predicted octanol–water partition coefficient (Wildman–Crippen LogP) is 2.46. The van der Waals surface area contributed by atoms with E-state index in [2.05, 4.69) is 42.3 Å². The van der Waals surface area contributed by atoms with Gasteiger partial charge in [-0.3, -0.25) is 0 Å². The summed E-state index contributed by atoms with van der Waals surface area (Å²) in [7, 11) is 0. The molecule has 0 heterocycles. The molecule has 1 aliphatic rings. The molecular weight excluding hydrogens is 236 g/mol. The maximum absolute atomic E-state index is 9.33. The molecule has 1 saturated carbocycles. The fourth-order valence-electron chi connectivity index (χ4n) is 2.70. The number of nitrogens with one attached hydrogen (secondary N) is 1. The summed E-state index contributed by atoms with van der Waals surface area (Å²) in [6.07, 6.45) is 3.84. The van der Waals surface area contributed by atoms with Crippen molar-refractivity contribution in [3.63, 3.8) is 0 Å². The molecule has 0 saturated heterocycles. The van der Waals surface area contributed by atoms with Crippen LogP contribution in [0.25, 0.3) is 0 Å². The Morgan fingerprint density at radius 1 is 1.37 bits per heavy atom. The maximum atomic E-state index is 9.33. The lowest BCUT2D eigenvalue weighted by Gasteiger charge is -2.40. The van der Waals surface area contributed by atoms with E-state index in [4.69, 9.17) is 0 Å². The second-order valence-corrected chi connectivity index (χ2v) is 5.41. The van der Waals surface area contributed by atoms with Crippen molar-refractivity contribution in [2.45, 2.75) is 45.7 Å². The molecule has 2 N–H and O–H groups in total. The maximum Gasteiger partial charge on any atom is 0.0606 e. The van der Waals surface area contributed by atoms with Crippen molar-refractivity contribution in [1.82, 2.24) is 5.32 Å². The first-order valence-electron chi connectivity index (χ1n) is 7.44. The lowest BCUT2D eigenvalue weighted by atomic mass is 9.90. The molecule has 1 aromatic carbocycles. The van der Waals surface area contributed by atoms with Gasteiger partial charge in [-0.1, -0.05) is 24.6 Å². The van der Waals surface area contributed by atoms with Gasteiger partial charge in [-0.2, -0.15) is 0 Å². The van der Waals surface area contributed by atoms with Crippen LogP contribution in [0.2, 0.25) is 0 Å². The second kappa shape index (κ2) is 6.92. The molecule has 0 atom stereocenters. The number of nitrogens with zero attached hydrogens (tertiary/aromatic N) is 1. The summed E-state index contributed by atoms with van der Waals surface area (Å²) in [4.78, 5) is 2.40. The van der Waals surface area contributed by atoms with Gasteiger partial charge in [0.15, 0.2) is 0 Å². The molecule has 0 unspecified atom stereocenters. The van der Waals surface area contributed by atoms with Crippen LogP contribution in [-0.2, 0) is 6.54 Å². The summed E-state index contributed by atoms with van der Waals surface area (Å²) in [6.45, 7) is 7.13. The highest BCUT2D eigenvalue weighted by atomic mass is 16.3. The molecule has 1 aliphatic carbocycles. The van der Waals surface area contributed by atoms with Crippen molar-refractivity contribution in [3.8, 4) is 0 Å². The Bertz CT molecular complexity index is 402. The van der Waals surface area contributed by atoms with Crippen molar-refractivity contribution >= 4 is 5.69 Å². The Morgan fingerprint density at radius 3 is 2.74 bits per heavy atom. The summed E-state index contributed by atoms with van der Waals surface area (Å²) in [5.74, 6) is 0. The third kappa shape index (κ3) is 3.48. The van der Waals surface area contributed by atoms with E-state index in [0.717, 1.165) is 19.6 Å². The van der Waals surface area contributed by atoms with Gasteiger partial charge in [0, 0.05) is 24.8 Å². The number of aliphatic hydroxyl groups is 1. The second-order valence-electron chi connectivity index (χ2n) is 5.41. The van der Waals surface area contributed by atoms with Crippen molar-refractivity contribution in [2.24, 2.45) is 0 Å². The molecule has 1 fully saturated rings. The van der Waals surface area contributed by atoms with Crippen LogP contribution in [0.5, 0.6) is 0 Å². The van der Waals surface area contributed by atoms with E-state index >= 15 is 0 Å². The van der Waals surface area contributed by atoms with Crippen LogP contribution in [0.1, 0.15) is 37.3 Å². The lowest BCUT2D eigenvalue weighted by Crippen LogP contribution is -2.42. The van der Waals surface area contributed by atoms with Crippen LogP contribution < -0.4 is 10.2 Å². The topological polar surface area (TPSA) is 35.5 Å². The Morgan fingerprint density at radius 2 is 2.16 bits per heavy atom. The van der Waals surface area contributed by atoms with E-state index in [1.54, 1.807) is 0 Å². The monoisotopic (exact) mass is 262 g/mol. The number of anilines is 1. The van der Waals surface area contributed by atoms with Gasteiger partial charge < -0.3 is 15.3 Å². The number of rotatable bonds is 7. The van der Waals surface area contributed by atoms with E-state index in [-0.39, 0.29) is 6.61 Å². The molecule has 19 heavy (non-hydrogen) atoms. The number of hydrogen-bond donors (Lipinski definition) is 2. The third-order valence-electron chi connectivity index (χ3n) is 3.97. The molecule has 3 nitrogen and oxygen atoms in total. The predicted molar refractivity (Wildman–Crippen MR) is 80.6 cm³/mol. The molecular formula is C16H26N2O. The number of aryl methyl sites for hydroxylation is 1. The first kappa shape index (κ1) is 14.4. The highest BCUT2D eigenvalue weighted by molar-refractivity contribution is 5.56. The Kier molecular flexibility index (Phi) is 5.23. The van der Waals surface area contributed by atoms with Crippen molar-refractivity contribution in [2.75, 3.05) is 24.6 Å². The van der Waals surface area contributed by atoms with Gasteiger partial charge in [0.2, 0.25) is 0 Å². The van der Waals surface area contributed by atoms with Crippen LogP contribution in [0.15, 0.2) is 18.2 Å². The fraction of sp³-hybridized carbons (Fsp3) is 0.625. The van der Waals surface area contributed by atoms with Gasteiger partial charge in [0.25, 0.3) is 0 Å². The van der Waals surface area contributed by atoms with Crippen molar-refractivity contribution in [1.29, 1.82) is 0 Å². The average molecular weight is 262 g/mol. The number of hydrogen-bond acceptors (Lipinski definition) is 3. The minimum Gasteiger partial charge on any atom is -0.395 e. The van der Waals surface area contributed by atoms with E-state index < -0.39 is 0 Å². The first-order chi connectivity index (χ1) is 9.26. The van der Waals surface area contributed by atoms with Crippen LogP contribution in [0.3, 0.4) is 0 Å². The first-order valence-corrected chi connectivity index (χ1v) is 7.44. The standard InChI is InChI=1S/C16H26N2O/c1-3-17-12-14-11-13(2)7-8-16(14)18(9-10-19)15-5-4-6-15/h7-8,11,15,17,19H,3-6,9-10,12H2,1-2H3. The van der Waals surface area contributed by atoms with Crippen LogP contribution in [0.4, 0.5) is 5.69 Å². The van der Waals surface area contributed by atoms with E-state index in [1.165, 1.54) is 36.1 Å². The minimum atomic E-state index is 0.227. The summed E-state index contributed by atoms with van der Waals surface area (Å²) >= 11 is 0. The van der Waals surface area contributed by atoms with Gasteiger partial charge in [-0.15, -0.1) is 0 Å². The molecule has 2 rings (SSSR count). The van der Waals surface area contributed by atoms with Gasteiger partial charge in [-0.25, -0.2) is 0 Å². The number of aliphatic hydroxyl groups excluding tert-OH is 1. The molecule has 3 heteroatoms. The Labute approximate surface area is 116 Å². The van der Waals surface area contributed by atoms with Crippen molar-refractivity contribution in [3.05, 3.63) is 29.3 Å². The van der Waals surface area contributed by atoms with Crippen LogP contribution in [-0.4, -0.2) is 30.8 Å². The molecule has 0 radical (unpaired) electrons. The SMILES string of the molecule is CCNCc1cc(C)ccc1N(CCO)C1CCC1. The third-order valence-corrected chi connectivity index (χ3v) is 3.97.